The molecule has 3 heteroatoms. The first kappa shape index (κ1) is 14.5. The fourth-order valence-electron chi connectivity index (χ4n) is 1.76. The number of halogens is 1. The molecule has 1 rings (SSSR count). The molecule has 0 aliphatic rings. The minimum Gasteiger partial charge on any atom is -0.370 e. The van der Waals surface area contributed by atoms with Crippen molar-refractivity contribution in [1.82, 2.24) is 4.98 Å². The number of nitrogens with one attached hydrogen (secondary N) is 1. The van der Waals surface area contributed by atoms with Crippen LogP contribution in [0.4, 0.5) is 5.82 Å². The van der Waals surface area contributed by atoms with Gasteiger partial charge in [-0.1, -0.05) is 39.0 Å². The summed E-state index contributed by atoms with van der Waals surface area (Å²) in [4.78, 5) is 4.46. The zero-order valence-corrected chi connectivity index (χ0v) is 12.5. The summed E-state index contributed by atoms with van der Waals surface area (Å²) in [5, 5.41) is 3.37. The maximum Gasteiger partial charge on any atom is 0.126 e. The first-order valence-corrected chi connectivity index (χ1v) is 7.40. The van der Waals surface area contributed by atoms with Crippen LogP contribution in [0.1, 0.15) is 51.1 Å². The fraction of sp³-hybridized carbons (Fsp3) is 0.643. The maximum atomic E-state index is 4.46. The molecule has 1 heterocycles. The van der Waals surface area contributed by atoms with Gasteiger partial charge in [0.1, 0.15) is 5.82 Å². The van der Waals surface area contributed by atoms with Crippen LogP contribution in [0.25, 0.3) is 0 Å². The van der Waals surface area contributed by atoms with Crippen molar-refractivity contribution in [2.45, 2.75) is 52.4 Å². The van der Waals surface area contributed by atoms with Crippen LogP contribution in [0.3, 0.4) is 0 Å². The Hall–Kier alpha value is -0.570. The van der Waals surface area contributed by atoms with Crippen molar-refractivity contribution in [2.75, 3.05) is 11.9 Å². The van der Waals surface area contributed by atoms with Gasteiger partial charge in [-0.3, -0.25) is 0 Å². The Morgan fingerprint density at radius 3 is 2.53 bits per heavy atom. The summed E-state index contributed by atoms with van der Waals surface area (Å²) in [5.74, 6) is 0.985. The van der Waals surface area contributed by atoms with E-state index in [0.717, 1.165) is 22.5 Å². The number of unbranched alkanes of at least 4 members (excludes halogenated alkanes) is 5. The monoisotopic (exact) mass is 298 g/mol. The van der Waals surface area contributed by atoms with Gasteiger partial charge >= 0.3 is 0 Å². The third-order valence-corrected chi connectivity index (χ3v) is 3.70. The molecule has 0 spiro atoms. The molecular weight excluding hydrogens is 276 g/mol. The Kier molecular flexibility index (Phi) is 7.25. The van der Waals surface area contributed by atoms with Crippen molar-refractivity contribution >= 4 is 21.7 Å². The molecule has 0 bridgehead atoms. The van der Waals surface area contributed by atoms with E-state index in [0.29, 0.717) is 0 Å². The van der Waals surface area contributed by atoms with Gasteiger partial charge in [0, 0.05) is 11.0 Å². The molecule has 0 saturated carbocycles. The topological polar surface area (TPSA) is 24.9 Å². The standard InChI is InChI=1S/C14H23BrN2/c1-3-4-5-6-7-8-11-16-14-10-9-13(15)12(2)17-14/h9-10H,3-8,11H2,1-2H3,(H,16,17). The number of anilines is 1. The second-order valence-electron chi connectivity index (χ2n) is 4.46. The third-order valence-electron chi connectivity index (χ3n) is 2.86. The number of aromatic nitrogens is 1. The SMILES string of the molecule is CCCCCCCCNc1ccc(Br)c(C)n1. The Balaban J connectivity index is 2.11. The highest BCUT2D eigenvalue weighted by Gasteiger charge is 1.98. The van der Waals surface area contributed by atoms with Crippen LogP contribution >= 0.6 is 15.9 Å². The van der Waals surface area contributed by atoms with Gasteiger partial charge in [0.15, 0.2) is 0 Å². The molecule has 1 aromatic rings. The molecule has 0 fully saturated rings. The van der Waals surface area contributed by atoms with E-state index < -0.39 is 0 Å². The summed E-state index contributed by atoms with van der Waals surface area (Å²) in [6.45, 7) is 5.29. The summed E-state index contributed by atoms with van der Waals surface area (Å²) >= 11 is 3.46. The fourth-order valence-corrected chi connectivity index (χ4v) is 1.99. The molecular formula is C14H23BrN2. The predicted molar refractivity (Wildman–Crippen MR) is 78.5 cm³/mol. The summed E-state index contributed by atoms with van der Waals surface area (Å²) in [6.07, 6.45) is 8.00. The second-order valence-corrected chi connectivity index (χ2v) is 5.31. The van der Waals surface area contributed by atoms with E-state index in [4.69, 9.17) is 0 Å². The number of aryl methyl sites for hydroxylation is 1. The maximum absolute atomic E-state index is 4.46. The highest BCUT2D eigenvalue weighted by atomic mass is 79.9. The number of nitrogens with zero attached hydrogens (tertiary/aromatic N) is 1. The van der Waals surface area contributed by atoms with E-state index in [9.17, 15) is 0 Å². The van der Waals surface area contributed by atoms with E-state index in [1.807, 2.05) is 19.1 Å². The summed E-state index contributed by atoms with van der Waals surface area (Å²) in [5.41, 5.74) is 1.04. The molecule has 0 atom stereocenters. The molecule has 0 aliphatic heterocycles. The van der Waals surface area contributed by atoms with Crippen molar-refractivity contribution in [3.8, 4) is 0 Å². The molecule has 17 heavy (non-hydrogen) atoms. The smallest absolute Gasteiger partial charge is 0.126 e. The van der Waals surface area contributed by atoms with E-state index in [2.05, 4.69) is 33.2 Å². The van der Waals surface area contributed by atoms with Gasteiger partial charge in [0.2, 0.25) is 0 Å². The summed E-state index contributed by atoms with van der Waals surface area (Å²) in [7, 11) is 0. The molecule has 1 aromatic heterocycles. The van der Waals surface area contributed by atoms with Gasteiger partial charge < -0.3 is 5.32 Å². The van der Waals surface area contributed by atoms with Crippen molar-refractivity contribution in [3.63, 3.8) is 0 Å². The van der Waals surface area contributed by atoms with Crippen molar-refractivity contribution < 1.29 is 0 Å². The number of hydrogen-bond acceptors (Lipinski definition) is 2. The van der Waals surface area contributed by atoms with Crippen molar-refractivity contribution in [3.05, 3.63) is 22.3 Å². The minimum atomic E-state index is 0.985. The van der Waals surface area contributed by atoms with Crippen molar-refractivity contribution in [2.24, 2.45) is 0 Å². The van der Waals surface area contributed by atoms with Gasteiger partial charge in [-0.25, -0.2) is 4.98 Å². The van der Waals surface area contributed by atoms with Gasteiger partial charge in [-0.05, 0) is 41.4 Å². The average Bonchev–Trinajstić information content (AvgIpc) is 2.32. The number of pyridine rings is 1. The molecule has 0 radical (unpaired) electrons. The van der Waals surface area contributed by atoms with E-state index >= 15 is 0 Å². The number of rotatable bonds is 8. The minimum absolute atomic E-state index is 0.985. The third kappa shape index (κ3) is 6.06. The highest BCUT2D eigenvalue weighted by molar-refractivity contribution is 9.10. The van der Waals surface area contributed by atoms with Gasteiger partial charge in [0.05, 0.1) is 5.69 Å². The molecule has 96 valence electrons. The lowest BCUT2D eigenvalue weighted by Crippen LogP contribution is -2.03. The van der Waals surface area contributed by atoms with Crippen LogP contribution in [0, 0.1) is 6.92 Å². The zero-order valence-electron chi connectivity index (χ0n) is 10.9. The Bertz CT molecular complexity index is 326. The van der Waals surface area contributed by atoms with Gasteiger partial charge in [0.25, 0.3) is 0 Å². The van der Waals surface area contributed by atoms with Crippen LogP contribution < -0.4 is 5.32 Å². The lowest BCUT2D eigenvalue weighted by Gasteiger charge is -2.07. The molecule has 0 unspecified atom stereocenters. The lowest BCUT2D eigenvalue weighted by atomic mass is 10.1. The first-order valence-electron chi connectivity index (χ1n) is 6.61. The average molecular weight is 299 g/mol. The molecule has 2 nitrogen and oxygen atoms in total. The van der Waals surface area contributed by atoms with E-state index in [1.165, 1.54) is 38.5 Å². The Morgan fingerprint density at radius 2 is 1.82 bits per heavy atom. The first-order chi connectivity index (χ1) is 8.24. The zero-order chi connectivity index (χ0) is 12.5. The highest BCUT2D eigenvalue weighted by Crippen LogP contribution is 2.16. The van der Waals surface area contributed by atoms with Crippen LogP contribution in [0.5, 0.6) is 0 Å². The largest absolute Gasteiger partial charge is 0.370 e. The summed E-state index contributed by atoms with van der Waals surface area (Å²) < 4.78 is 1.07. The predicted octanol–water partition coefficient (Wildman–Crippen LogP) is 4.92. The molecule has 0 amide bonds. The molecule has 0 aromatic carbocycles. The quantitative estimate of drug-likeness (QED) is 0.689. The van der Waals surface area contributed by atoms with Gasteiger partial charge in [-0.15, -0.1) is 0 Å². The van der Waals surface area contributed by atoms with Crippen molar-refractivity contribution in [1.29, 1.82) is 0 Å². The Morgan fingerprint density at radius 1 is 1.12 bits per heavy atom. The second kappa shape index (κ2) is 8.51. The molecule has 0 aliphatic carbocycles. The van der Waals surface area contributed by atoms with Crippen LogP contribution in [0.15, 0.2) is 16.6 Å². The van der Waals surface area contributed by atoms with Gasteiger partial charge in [-0.2, -0.15) is 0 Å². The summed E-state index contributed by atoms with van der Waals surface area (Å²) in [6, 6.07) is 4.07. The van der Waals surface area contributed by atoms with E-state index in [-0.39, 0.29) is 0 Å². The lowest BCUT2D eigenvalue weighted by molar-refractivity contribution is 0.617. The number of hydrogen-bond donors (Lipinski definition) is 1. The Labute approximate surface area is 113 Å². The molecule has 1 N–H and O–H groups in total. The van der Waals surface area contributed by atoms with Crippen LogP contribution in [0.2, 0.25) is 0 Å². The normalized spacial score (nSPS) is 10.5. The van der Waals surface area contributed by atoms with Crippen LogP contribution in [-0.4, -0.2) is 11.5 Å². The van der Waals surface area contributed by atoms with Crippen LogP contribution in [-0.2, 0) is 0 Å². The van der Waals surface area contributed by atoms with E-state index in [1.54, 1.807) is 0 Å². The molecule has 0 saturated heterocycles.